The Morgan fingerprint density at radius 1 is 1.13 bits per heavy atom. The van der Waals surface area contributed by atoms with Gasteiger partial charge >= 0.3 is 0 Å². The van der Waals surface area contributed by atoms with Gasteiger partial charge in [0.25, 0.3) is 5.91 Å². The lowest BCUT2D eigenvalue weighted by Crippen LogP contribution is -2.25. The van der Waals surface area contributed by atoms with Gasteiger partial charge in [0.2, 0.25) is 0 Å². The van der Waals surface area contributed by atoms with E-state index >= 15 is 0 Å². The molecule has 4 nitrogen and oxygen atoms in total. The van der Waals surface area contributed by atoms with Crippen LogP contribution in [0.2, 0.25) is 5.02 Å². The number of nitrogens with zero attached hydrogens (tertiary/aromatic N) is 2. The number of hydrogen-bond acceptors (Lipinski definition) is 2. The van der Waals surface area contributed by atoms with E-state index in [0.717, 1.165) is 17.7 Å². The number of carbonyl (C=O) groups is 1. The summed E-state index contributed by atoms with van der Waals surface area (Å²) in [5, 5.41) is 7.83. The topological polar surface area (TPSA) is 46.9 Å². The van der Waals surface area contributed by atoms with Crippen molar-refractivity contribution in [2.45, 2.75) is 6.42 Å². The first-order chi connectivity index (χ1) is 11.2. The molecule has 0 aliphatic carbocycles. The quantitative estimate of drug-likeness (QED) is 0.780. The second-order valence-corrected chi connectivity index (χ2v) is 5.58. The maximum Gasteiger partial charge on any atom is 0.254 e. The van der Waals surface area contributed by atoms with Crippen LogP contribution in [0.5, 0.6) is 0 Å². The Balaban J connectivity index is 1.58. The minimum Gasteiger partial charge on any atom is -0.352 e. The largest absolute Gasteiger partial charge is 0.352 e. The smallest absolute Gasteiger partial charge is 0.254 e. The molecule has 0 aliphatic rings. The fourth-order valence-corrected chi connectivity index (χ4v) is 2.49. The molecule has 0 saturated heterocycles. The van der Waals surface area contributed by atoms with Gasteiger partial charge in [-0.15, -0.1) is 0 Å². The summed E-state index contributed by atoms with van der Waals surface area (Å²) in [5.74, 6) is -0.130. The number of rotatable bonds is 5. The molecule has 0 spiro atoms. The van der Waals surface area contributed by atoms with Gasteiger partial charge in [0, 0.05) is 17.8 Å². The van der Waals surface area contributed by atoms with Crippen LogP contribution >= 0.6 is 11.6 Å². The molecule has 1 N–H and O–H groups in total. The van der Waals surface area contributed by atoms with Gasteiger partial charge in [0.1, 0.15) is 0 Å². The van der Waals surface area contributed by atoms with Crippen LogP contribution in [-0.2, 0) is 6.42 Å². The number of aromatic nitrogens is 2. The van der Waals surface area contributed by atoms with Gasteiger partial charge in [0.15, 0.2) is 0 Å². The maximum absolute atomic E-state index is 12.2. The van der Waals surface area contributed by atoms with Gasteiger partial charge in [-0.25, -0.2) is 4.68 Å². The molecule has 3 aromatic rings. The first-order valence-electron chi connectivity index (χ1n) is 7.35. The molecule has 0 bridgehead atoms. The van der Waals surface area contributed by atoms with Gasteiger partial charge in [-0.2, -0.15) is 5.10 Å². The van der Waals surface area contributed by atoms with E-state index in [9.17, 15) is 4.79 Å². The molecule has 0 fully saturated rings. The van der Waals surface area contributed by atoms with Gasteiger partial charge in [-0.1, -0.05) is 41.9 Å². The molecule has 1 amide bonds. The molecule has 3 rings (SSSR count). The van der Waals surface area contributed by atoms with Crippen molar-refractivity contribution >= 4 is 17.5 Å². The number of halogens is 1. The Labute approximate surface area is 139 Å². The van der Waals surface area contributed by atoms with Gasteiger partial charge in [0.05, 0.1) is 17.4 Å². The Hall–Kier alpha value is -2.59. The molecule has 0 unspecified atom stereocenters. The van der Waals surface area contributed by atoms with Crippen molar-refractivity contribution < 1.29 is 4.79 Å². The molecule has 23 heavy (non-hydrogen) atoms. The van der Waals surface area contributed by atoms with Crippen LogP contribution in [0.15, 0.2) is 67.0 Å². The van der Waals surface area contributed by atoms with E-state index in [1.807, 2.05) is 54.6 Å². The predicted molar refractivity (Wildman–Crippen MR) is 91.1 cm³/mol. The number of nitrogens with one attached hydrogen (secondary N) is 1. The molecule has 0 atom stereocenters. The van der Waals surface area contributed by atoms with Gasteiger partial charge in [-0.05, 0) is 36.2 Å². The molecular formula is C18H16ClN3O. The monoisotopic (exact) mass is 325 g/mol. The Kier molecular flexibility index (Phi) is 4.74. The van der Waals surface area contributed by atoms with Gasteiger partial charge in [-0.3, -0.25) is 4.79 Å². The lowest BCUT2D eigenvalue weighted by Gasteiger charge is -2.04. The normalized spacial score (nSPS) is 10.5. The summed E-state index contributed by atoms with van der Waals surface area (Å²) in [6.45, 7) is 0.551. The summed E-state index contributed by atoms with van der Waals surface area (Å²) in [6.07, 6.45) is 4.03. The maximum atomic E-state index is 12.2. The van der Waals surface area contributed by atoms with E-state index in [4.69, 9.17) is 11.6 Å². The predicted octanol–water partition coefficient (Wildman–Crippen LogP) is 3.50. The minimum atomic E-state index is -0.130. The van der Waals surface area contributed by atoms with Crippen molar-refractivity contribution in [3.05, 3.63) is 83.1 Å². The van der Waals surface area contributed by atoms with Crippen LogP contribution in [0.3, 0.4) is 0 Å². The van der Waals surface area contributed by atoms with E-state index in [-0.39, 0.29) is 5.91 Å². The zero-order valence-corrected chi connectivity index (χ0v) is 13.2. The van der Waals surface area contributed by atoms with E-state index in [0.29, 0.717) is 17.1 Å². The summed E-state index contributed by atoms with van der Waals surface area (Å²) >= 11 is 5.94. The second-order valence-electron chi connectivity index (χ2n) is 5.14. The van der Waals surface area contributed by atoms with Crippen molar-refractivity contribution in [2.75, 3.05) is 6.54 Å². The van der Waals surface area contributed by atoms with Crippen LogP contribution < -0.4 is 5.32 Å². The molecular weight excluding hydrogens is 310 g/mol. The Morgan fingerprint density at radius 3 is 2.74 bits per heavy atom. The summed E-state index contributed by atoms with van der Waals surface area (Å²) < 4.78 is 1.69. The van der Waals surface area contributed by atoms with Crippen molar-refractivity contribution in [2.24, 2.45) is 0 Å². The highest BCUT2D eigenvalue weighted by atomic mass is 35.5. The Morgan fingerprint density at radius 2 is 1.96 bits per heavy atom. The molecule has 5 heteroatoms. The van der Waals surface area contributed by atoms with Gasteiger partial charge < -0.3 is 5.32 Å². The number of hydrogen-bond donors (Lipinski definition) is 1. The van der Waals surface area contributed by atoms with E-state index < -0.39 is 0 Å². The molecule has 0 saturated carbocycles. The molecule has 0 aliphatic heterocycles. The van der Waals surface area contributed by atoms with Crippen LogP contribution in [0, 0.1) is 0 Å². The first kappa shape index (κ1) is 15.3. The van der Waals surface area contributed by atoms with E-state index in [1.165, 1.54) is 0 Å². The molecule has 1 heterocycles. The van der Waals surface area contributed by atoms with E-state index in [1.54, 1.807) is 17.1 Å². The summed E-state index contributed by atoms with van der Waals surface area (Å²) in [4.78, 5) is 12.2. The average Bonchev–Trinajstić information content (AvgIpc) is 3.06. The first-order valence-corrected chi connectivity index (χ1v) is 7.73. The highest BCUT2D eigenvalue weighted by Gasteiger charge is 2.08. The molecule has 0 radical (unpaired) electrons. The fraction of sp³-hybridized carbons (Fsp3) is 0.111. The minimum absolute atomic E-state index is 0.130. The number of benzene rings is 2. The zero-order chi connectivity index (χ0) is 16.1. The lowest BCUT2D eigenvalue weighted by molar-refractivity contribution is 0.0954. The molecule has 116 valence electrons. The summed E-state index contributed by atoms with van der Waals surface area (Å²) in [5.41, 5.74) is 2.56. The molecule has 1 aromatic heterocycles. The lowest BCUT2D eigenvalue weighted by atomic mass is 10.1. The standard InChI is InChI=1S/C18H16ClN3O/c19-16-6-4-5-14(11-16)9-10-20-18(23)15-12-21-22(13-15)17-7-2-1-3-8-17/h1-8,11-13H,9-10H2,(H,20,23). The highest BCUT2D eigenvalue weighted by molar-refractivity contribution is 6.30. The summed E-state index contributed by atoms with van der Waals surface area (Å²) in [6, 6.07) is 17.3. The third-order valence-corrected chi connectivity index (χ3v) is 3.69. The number of para-hydroxylation sites is 1. The van der Waals surface area contributed by atoms with Crippen molar-refractivity contribution in [1.29, 1.82) is 0 Å². The number of amides is 1. The zero-order valence-electron chi connectivity index (χ0n) is 12.4. The van der Waals surface area contributed by atoms with Crippen LogP contribution in [0.4, 0.5) is 0 Å². The summed E-state index contributed by atoms with van der Waals surface area (Å²) in [7, 11) is 0. The van der Waals surface area contributed by atoms with Crippen LogP contribution in [0.25, 0.3) is 5.69 Å². The Bertz CT molecular complexity index is 799. The SMILES string of the molecule is O=C(NCCc1cccc(Cl)c1)c1cnn(-c2ccccc2)c1. The second kappa shape index (κ2) is 7.11. The third-order valence-electron chi connectivity index (χ3n) is 3.45. The highest BCUT2D eigenvalue weighted by Crippen LogP contribution is 2.11. The third kappa shape index (κ3) is 3.99. The average molecular weight is 326 g/mol. The molecule has 2 aromatic carbocycles. The number of carbonyl (C=O) groups excluding carboxylic acids is 1. The van der Waals surface area contributed by atoms with Crippen molar-refractivity contribution in [3.63, 3.8) is 0 Å². The van der Waals surface area contributed by atoms with Crippen LogP contribution in [0.1, 0.15) is 15.9 Å². The van der Waals surface area contributed by atoms with E-state index in [2.05, 4.69) is 10.4 Å². The van der Waals surface area contributed by atoms with Crippen molar-refractivity contribution in [3.8, 4) is 5.69 Å². The van der Waals surface area contributed by atoms with Crippen LogP contribution in [-0.4, -0.2) is 22.2 Å². The fourth-order valence-electron chi connectivity index (χ4n) is 2.28. The van der Waals surface area contributed by atoms with Crippen molar-refractivity contribution in [1.82, 2.24) is 15.1 Å².